The maximum Gasteiger partial charge on any atom is 0.196 e. The fraction of sp³-hybridized carbons (Fsp3) is 0. The van der Waals surface area contributed by atoms with Gasteiger partial charge in [0, 0.05) is 5.39 Å². The van der Waals surface area contributed by atoms with E-state index in [4.69, 9.17) is 16.8 Å². The summed E-state index contributed by atoms with van der Waals surface area (Å²) < 4.78 is 0. The third-order valence-corrected chi connectivity index (χ3v) is 2.01. The summed E-state index contributed by atoms with van der Waals surface area (Å²) in [5, 5.41) is 18.9. The standard InChI is InChI=1S/C8H6ClN3O/c9-8(12-13)7-5-3-1-2-4-6(5)10-11-7/h1-4,13H,(H,10,11). The zero-order chi connectivity index (χ0) is 9.26. The summed E-state index contributed by atoms with van der Waals surface area (Å²) in [6.45, 7) is 0. The summed E-state index contributed by atoms with van der Waals surface area (Å²) in [4.78, 5) is 0. The van der Waals surface area contributed by atoms with E-state index in [9.17, 15) is 0 Å². The number of rotatable bonds is 1. The molecule has 1 aromatic carbocycles. The van der Waals surface area contributed by atoms with Gasteiger partial charge in [-0.2, -0.15) is 5.10 Å². The summed E-state index contributed by atoms with van der Waals surface area (Å²) in [5.74, 6) is 0. The highest BCUT2D eigenvalue weighted by Crippen LogP contribution is 2.16. The lowest BCUT2D eigenvalue weighted by molar-refractivity contribution is 0.320. The van der Waals surface area contributed by atoms with Crippen LogP contribution in [0.3, 0.4) is 0 Å². The molecule has 0 fully saturated rings. The molecule has 0 aliphatic heterocycles. The third-order valence-electron chi connectivity index (χ3n) is 1.75. The second kappa shape index (κ2) is 3.06. The Hall–Kier alpha value is -1.55. The van der Waals surface area contributed by atoms with Gasteiger partial charge in [0.05, 0.1) is 5.52 Å². The minimum atomic E-state index is -0.0162. The molecule has 0 amide bonds. The highest BCUT2D eigenvalue weighted by Gasteiger charge is 2.09. The summed E-state index contributed by atoms with van der Waals surface area (Å²) >= 11 is 5.63. The predicted molar refractivity (Wildman–Crippen MR) is 50.3 cm³/mol. The third kappa shape index (κ3) is 1.25. The van der Waals surface area contributed by atoms with Crippen LogP contribution >= 0.6 is 11.6 Å². The van der Waals surface area contributed by atoms with Crippen molar-refractivity contribution in [2.75, 3.05) is 0 Å². The number of para-hydroxylation sites is 1. The van der Waals surface area contributed by atoms with Crippen LogP contribution in [0, 0.1) is 0 Å². The fourth-order valence-corrected chi connectivity index (χ4v) is 1.31. The number of halogens is 1. The first-order chi connectivity index (χ1) is 6.33. The highest BCUT2D eigenvalue weighted by molar-refractivity contribution is 6.70. The normalized spacial score (nSPS) is 12.2. The number of nitrogens with one attached hydrogen (secondary N) is 1. The monoisotopic (exact) mass is 195 g/mol. The van der Waals surface area contributed by atoms with E-state index in [1.165, 1.54) is 0 Å². The van der Waals surface area contributed by atoms with Gasteiger partial charge in [0.2, 0.25) is 0 Å². The van der Waals surface area contributed by atoms with Gasteiger partial charge < -0.3 is 5.21 Å². The summed E-state index contributed by atoms with van der Waals surface area (Å²) in [5.41, 5.74) is 1.32. The zero-order valence-corrected chi connectivity index (χ0v) is 7.28. The molecule has 66 valence electrons. The van der Waals surface area contributed by atoms with Gasteiger partial charge in [-0.3, -0.25) is 5.10 Å². The summed E-state index contributed by atoms with van der Waals surface area (Å²) in [6.07, 6.45) is 0. The maximum absolute atomic E-state index is 8.47. The Morgan fingerprint density at radius 3 is 3.00 bits per heavy atom. The molecule has 0 bridgehead atoms. The van der Waals surface area contributed by atoms with Gasteiger partial charge in [-0.15, -0.1) is 0 Å². The second-order valence-corrected chi connectivity index (χ2v) is 2.87. The van der Waals surface area contributed by atoms with Crippen molar-refractivity contribution in [3.8, 4) is 0 Å². The van der Waals surface area contributed by atoms with Crippen LogP contribution in [0.1, 0.15) is 5.69 Å². The first-order valence-corrected chi connectivity index (χ1v) is 4.02. The second-order valence-electron chi connectivity index (χ2n) is 2.51. The van der Waals surface area contributed by atoms with E-state index < -0.39 is 0 Å². The lowest BCUT2D eigenvalue weighted by atomic mass is 10.2. The SMILES string of the molecule is ON=C(Cl)c1n[nH]c2ccccc12. The van der Waals surface area contributed by atoms with Gasteiger partial charge in [-0.1, -0.05) is 35.0 Å². The first-order valence-electron chi connectivity index (χ1n) is 3.64. The van der Waals surface area contributed by atoms with Crippen molar-refractivity contribution in [3.05, 3.63) is 30.0 Å². The molecule has 0 saturated heterocycles. The van der Waals surface area contributed by atoms with Crippen LogP contribution < -0.4 is 0 Å². The number of fused-ring (bicyclic) bond motifs is 1. The quantitative estimate of drug-likeness (QED) is 0.415. The van der Waals surface area contributed by atoms with Crippen molar-refractivity contribution >= 4 is 27.7 Å². The van der Waals surface area contributed by atoms with Crippen molar-refractivity contribution < 1.29 is 5.21 Å². The van der Waals surface area contributed by atoms with Crippen LogP contribution in [0.4, 0.5) is 0 Å². The van der Waals surface area contributed by atoms with Gasteiger partial charge in [0.25, 0.3) is 0 Å². The Bertz CT molecular complexity index is 463. The molecular weight excluding hydrogens is 190 g/mol. The van der Waals surface area contributed by atoms with Crippen molar-refractivity contribution in [1.82, 2.24) is 10.2 Å². The molecule has 0 unspecified atom stereocenters. The number of nitrogens with zero attached hydrogens (tertiary/aromatic N) is 2. The van der Waals surface area contributed by atoms with E-state index >= 15 is 0 Å². The van der Waals surface area contributed by atoms with Crippen LogP contribution in [-0.2, 0) is 0 Å². The number of aromatic nitrogens is 2. The van der Waals surface area contributed by atoms with Crippen LogP contribution in [0.15, 0.2) is 29.4 Å². The lowest BCUT2D eigenvalue weighted by Gasteiger charge is -1.89. The van der Waals surface area contributed by atoms with E-state index in [1.54, 1.807) is 0 Å². The molecule has 0 spiro atoms. The van der Waals surface area contributed by atoms with E-state index in [2.05, 4.69) is 15.4 Å². The number of hydrogen-bond donors (Lipinski definition) is 2. The minimum absolute atomic E-state index is 0.0162. The highest BCUT2D eigenvalue weighted by atomic mass is 35.5. The Balaban J connectivity index is 2.71. The predicted octanol–water partition coefficient (Wildman–Crippen LogP) is 1.94. The van der Waals surface area contributed by atoms with Crippen molar-refractivity contribution in [2.45, 2.75) is 0 Å². The number of aromatic amines is 1. The molecule has 5 heteroatoms. The number of H-pyrrole nitrogens is 1. The number of hydrogen-bond acceptors (Lipinski definition) is 3. The maximum atomic E-state index is 8.47. The van der Waals surface area contributed by atoms with E-state index in [0.717, 1.165) is 10.9 Å². The van der Waals surface area contributed by atoms with Crippen molar-refractivity contribution in [1.29, 1.82) is 0 Å². The summed E-state index contributed by atoms with van der Waals surface area (Å²) in [6, 6.07) is 7.46. The van der Waals surface area contributed by atoms with Crippen molar-refractivity contribution in [3.63, 3.8) is 0 Å². The van der Waals surface area contributed by atoms with Gasteiger partial charge in [0.15, 0.2) is 5.17 Å². The topological polar surface area (TPSA) is 61.3 Å². The molecule has 13 heavy (non-hydrogen) atoms. The van der Waals surface area contributed by atoms with Crippen LogP contribution in [0.5, 0.6) is 0 Å². The van der Waals surface area contributed by atoms with Gasteiger partial charge in [-0.05, 0) is 6.07 Å². The molecule has 2 rings (SSSR count). The van der Waals surface area contributed by atoms with E-state index in [1.807, 2.05) is 24.3 Å². The molecule has 0 atom stereocenters. The van der Waals surface area contributed by atoms with E-state index in [0.29, 0.717) is 5.69 Å². The van der Waals surface area contributed by atoms with Gasteiger partial charge >= 0.3 is 0 Å². The summed E-state index contributed by atoms with van der Waals surface area (Å²) in [7, 11) is 0. The zero-order valence-electron chi connectivity index (χ0n) is 6.53. The largest absolute Gasteiger partial charge is 0.410 e. The molecule has 4 nitrogen and oxygen atoms in total. The molecule has 1 heterocycles. The fourth-order valence-electron chi connectivity index (χ4n) is 1.17. The number of benzene rings is 1. The smallest absolute Gasteiger partial charge is 0.196 e. The van der Waals surface area contributed by atoms with Crippen LogP contribution in [0.2, 0.25) is 0 Å². The Labute approximate surface area is 78.8 Å². The molecule has 0 saturated carbocycles. The number of oxime groups is 1. The average Bonchev–Trinajstić information content (AvgIpc) is 2.60. The molecular formula is C8H6ClN3O. The minimum Gasteiger partial charge on any atom is -0.410 e. The Kier molecular flexibility index (Phi) is 1.90. The molecule has 0 radical (unpaired) electrons. The first kappa shape index (κ1) is 8.07. The Morgan fingerprint density at radius 2 is 2.23 bits per heavy atom. The Morgan fingerprint density at radius 1 is 1.46 bits per heavy atom. The average molecular weight is 196 g/mol. The van der Waals surface area contributed by atoms with Crippen LogP contribution in [0.25, 0.3) is 10.9 Å². The molecule has 1 aromatic heterocycles. The lowest BCUT2D eigenvalue weighted by Crippen LogP contribution is -1.91. The molecule has 0 aliphatic rings. The molecule has 2 N–H and O–H groups in total. The van der Waals surface area contributed by atoms with Gasteiger partial charge in [0.1, 0.15) is 5.69 Å². The molecule has 2 aromatic rings. The van der Waals surface area contributed by atoms with Crippen LogP contribution in [-0.4, -0.2) is 20.6 Å². The molecule has 0 aliphatic carbocycles. The van der Waals surface area contributed by atoms with Crippen molar-refractivity contribution in [2.24, 2.45) is 5.16 Å². The van der Waals surface area contributed by atoms with E-state index in [-0.39, 0.29) is 5.17 Å². The van der Waals surface area contributed by atoms with Gasteiger partial charge in [-0.25, -0.2) is 0 Å².